The number of halogens is 1. The first kappa shape index (κ1) is 9.93. The molecule has 0 spiro atoms. The van der Waals surface area contributed by atoms with Gasteiger partial charge in [0.25, 0.3) is 0 Å². The van der Waals surface area contributed by atoms with E-state index in [1.54, 1.807) is 13.3 Å². The van der Waals surface area contributed by atoms with E-state index >= 15 is 0 Å². The van der Waals surface area contributed by atoms with Crippen molar-refractivity contribution in [3.63, 3.8) is 0 Å². The van der Waals surface area contributed by atoms with Crippen molar-refractivity contribution >= 4 is 11.6 Å². The largest absolute Gasteiger partial charge is 0.497 e. The van der Waals surface area contributed by atoms with Gasteiger partial charge in [-0.2, -0.15) is 0 Å². The quantitative estimate of drug-likeness (QED) is 0.781. The molecule has 0 radical (unpaired) electrons. The van der Waals surface area contributed by atoms with Crippen molar-refractivity contribution in [2.45, 2.75) is 0 Å². The highest BCUT2D eigenvalue weighted by molar-refractivity contribution is 6.29. The maximum Gasteiger partial charge on any atom is 0.147 e. The van der Waals surface area contributed by atoms with E-state index in [9.17, 15) is 0 Å². The van der Waals surface area contributed by atoms with Crippen LogP contribution in [0, 0.1) is 0 Å². The third-order valence-electron chi connectivity index (χ3n) is 1.99. The van der Waals surface area contributed by atoms with E-state index in [1.807, 2.05) is 24.3 Å². The molecule has 0 atom stereocenters. The van der Waals surface area contributed by atoms with Gasteiger partial charge in [0, 0.05) is 5.56 Å². The van der Waals surface area contributed by atoms with Gasteiger partial charge in [-0.15, -0.1) is 0 Å². The normalized spacial score (nSPS) is 10.0. The summed E-state index contributed by atoms with van der Waals surface area (Å²) in [5.74, 6) is 0.796. The molecule has 1 aromatic heterocycles. The SMILES string of the molecule is COc1cccc(-c2cnc(Cl)cn2)c1. The molecule has 0 unspecified atom stereocenters. The number of nitrogens with zero attached hydrogens (tertiary/aromatic N) is 2. The first-order valence-electron chi connectivity index (χ1n) is 4.41. The molecule has 2 rings (SSSR count). The van der Waals surface area contributed by atoms with Crippen LogP contribution in [0.2, 0.25) is 5.15 Å². The third kappa shape index (κ3) is 2.25. The van der Waals surface area contributed by atoms with Gasteiger partial charge in [0.2, 0.25) is 0 Å². The van der Waals surface area contributed by atoms with Gasteiger partial charge in [-0.3, -0.25) is 4.98 Å². The number of ether oxygens (including phenoxy) is 1. The Bertz CT molecular complexity index is 456. The fourth-order valence-corrected chi connectivity index (χ4v) is 1.34. The van der Waals surface area contributed by atoms with Crippen molar-refractivity contribution in [3.8, 4) is 17.0 Å². The van der Waals surface area contributed by atoms with Gasteiger partial charge < -0.3 is 4.74 Å². The van der Waals surface area contributed by atoms with Crippen LogP contribution in [0.15, 0.2) is 36.7 Å². The van der Waals surface area contributed by atoms with E-state index in [2.05, 4.69) is 9.97 Å². The van der Waals surface area contributed by atoms with Crippen LogP contribution in [-0.4, -0.2) is 17.1 Å². The first-order chi connectivity index (χ1) is 7.29. The molecule has 0 fully saturated rings. The standard InChI is InChI=1S/C11H9ClN2O/c1-15-9-4-2-3-8(5-9)10-6-14-11(12)7-13-10/h2-7H,1H3. The lowest BCUT2D eigenvalue weighted by atomic mass is 10.1. The maximum absolute atomic E-state index is 5.66. The highest BCUT2D eigenvalue weighted by Crippen LogP contribution is 2.21. The van der Waals surface area contributed by atoms with Crippen molar-refractivity contribution < 1.29 is 4.74 Å². The smallest absolute Gasteiger partial charge is 0.147 e. The molecule has 0 aliphatic rings. The van der Waals surface area contributed by atoms with E-state index < -0.39 is 0 Å². The van der Waals surface area contributed by atoms with Crippen LogP contribution in [0.1, 0.15) is 0 Å². The van der Waals surface area contributed by atoms with Gasteiger partial charge >= 0.3 is 0 Å². The second kappa shape index (κ2) is 4.28. The molecule has 15 heavy (non-hydrogen) atoms. The Morgan fingerprint density at radius 2 is 2.07 bits per heavy atom. The van der Waals surface area contributed by atoms with Crippen LogP contribution in [0.4, 0.5) is 0 Å². The molecular weight excluding hydrogens is 212 g/mol. The second-order valence-electron chi connectivity index (χ2n) is 2.96. The van der Waals surface area contributed by atoms with Crippen molar-refractivity contribution in [2.75, 3.05) is 7.11 Å². The lowest BCUT2D eigenvalue weighted by molar-refractivity contribution is 0.415. The van der Waals surface area contributed by atoms with Crippen LogP contribution >= 0.6 is 11.6 Å². The van der Waals surface area contributed by atoms with Gasteiger partial charge in [-0.25, -0.2) is 4.98 Å². The van der Waals surface area contributed by atoms with Gasteiger partial charge in [0.15, 0.2) is 0 Å². The molecule has 4 heteroatoms. The minimum absolute atomic E-state index is 0.390. The molecular formula is C11H9ClN2O. The highest BCUT2D eigenvalue weighted by Gasteiger charge is 2.01. The number of hydrogen-bond acceptors (Lipinski definition) is 3. The molecule has 3 nitrogen and oxygen atoms in total. The lowest BCUT2D eigenvalue weighted by Crippen LogP contribution is -1.87. The van der Waals surface area contributed by atoms with Crippen LogP contribution in [-0.2, 0) is 0 Å². The zero-order valence-corrected chi connectivity index (χ0v) is 8.90. The zero-order valence-electron chi connectivity index (χ0n) is 8.14. The summed E-state index contributed by atoms with van der Waals surface area (Å²) in [6.07, 6.45) is 3.16. The molecule has 0 saturated heterocycles. The van der Waals surface area contributed by atoms with Crippen molar-refractivity contribution in [3.05, 3.63) is 41.8 Å². The number of rotatable bonds is 2. The van der Waals surface area contributed by atoms with E-state index in [4.69, 9.17) is 16.3 Å². The summed E-state index contributed by atoms with van der Waals surface area (Å²) in [6, 6.07) is 7.63. The molecule has 1 aromatic carbocycles. The first-order valence-corrected chi connectivity index (χ1v) is 4.79. The van der Waals surface area contributed by atoms with E-state index in [1.165, 1.54) is 6.20 Å². The Morgan fingerprint density at radius 3 is 2.73 bits per heavy atom. The molecule has 0 N–H and O–H groups in total. The summed E-state index contributed by atoms with van der Waals surface area (Å²) >= 11 is 5.66. The fourth-order valence-electron chi connectivity index (χ4n) is 1.24. The number of benzene rings is 1. The minimum atomic E-state index is 0.390. The van der Waals surface area contributed by atoms with Crippen LogP contribution in [0.25, 0.3) is 11.3 Å². The number of hydrogen-bond donors (Lipinski definition) is 0. The molecule has 0 saturated carbocycles. The molecule has 2 aromatic rings. The van der Waals surface area contributed by atoms with Gasteiger partial charge in [-0.05, 0) is 12.1 Å². The van der Waals surface area contributed by atoms with Crippen molar-refractivity contribution in [2.24, 2.45) is 0 Å². The second-order valence-corrected chi connectivity index (χ2v) is 3.34. The summed E-state index contributed by atoms with van der Waals surface area (Å²) in [4.78, 5) is 8.15. The van der Waals surface area contributed by atoms with E-state index in [0.29, 0.717) is 5.15 Å². The Kier molecular flexibility index (Phi) is 2.83. The Morgan fingerprint density at radius 1 is 1.20 bits per heavy atom. The van der Waals surface area contributed by atoms with Gasteiger partial charge in [0.1, 0.15) is 10.9 Å². The Balaban J connectivity index is 2.40. The minimum Gasteiger partial charge on any atom is -0.497 e. The summed E-state index contributed by atoms with van der Waals surface area (Å²) in [5.41, 5.74) is 1.73. The maximum atomic E-state index is 5.66. The Hall–Kier alpha value is -1.61. The average molecular weight is 221 g/mol. The van der Waals surface area contributed by atoms with Crippen molar-refractivity contribution in [1.29, 1.82) is 0 Å². The lowest BCUT2D eigenvalue weighted by Gasteiger charge is -2.03. The topological polar surface area (TPSA) is 35.0 Å². The molecule has 0 amide bonds. The molecule has 76 valence electrons. The summed E-state index contributed by atoms with van der Waals surface area (Å²) in [5, 5.41) is 0.390. The zero-order chi connectivity index (χ0) is 10.7. The van der Waals surface area contributed by atoms with Crippen LogP contribution in [0.5, 0.6) is 5.75 Å². The predicted molar refractivity (Wildman–Crippen MR) is 59.0 cm³/mol. The fraction of sp³-hybridized carbons (Fsp3) is 0.0909. The van der Waals surface area contributed by atoms with Gasteiger partial charge in [-0.1, -0.05) is 23.7 Å². The Labute approximate surface area is 92.7 Å². The summed E-state index contributed by atoms with van der Waals surface area (Å²) in [7, 11) is 1.63. The molecule has 1 heterocycles. The van der Waals surface area contributed by atoms with Crippen molar-refractivity contribution in [1.82, 2.24) is 9.97 Å². The monoisotopic (exact) mass is 220 g/mol. The summed E-state index contributed by atoms with van der Waals surface area (Å²) in [6.45, 7) is 0. The van der Waals surface area contributed by atoms with Gasteiger partial charge in [0.05, 0.1) is 25.2 Å². The summed E-state index contributed by atoms with van der Waals surface area (Å²) < 4.78 is 5.13. The third-order valence-corrected chi connectivity index (χ3v) is 2.18. The molecule has 0 aliphatic carbocycles. The van der Waals surface area contributed by atoms with Crippen LogP contribution < -0.4 is 4.74 Å². The number of aromatic nitrogens is 2. The predicted octanol–water partition coefficient (Wildman–Crippen LogP) is 2.81. The molecule has 0 aliphatic heterocycles. The average Bonchev–Trinajstić information content (AvgIpc) is 2.30. The number of methoxy groups -OCH3 is 1. The highest BCUT2D eigenvalue weighted by atomic mass is 35.5. The van der Waals surface area contributed by atoms with E-state index in [-0.39, 0.29) is 0 Å². The molecule has 0 bridgehead atoms. The van der Waals surface area contributed by atoms with E-state index in [0.717, 1.165) is 17.0 Å². The van der Waals surface area contributed by atoms with Crippen LogP contribution in [0.3, 0.4) is 0 Å².